The predicted octanol–water partition coefficient (Wildman–Crippen LogP) is 1.82. The maximum absolute atomic E-state index is 14.0. The van der Waals surface area contributed by atoms with Gasteiger partial charge in [0.05, 0.1) is 17.5 Å². The van der Waals surface area contributed by atoms with Crippen molar-refractivity contribution in [2.45, 2.75) is 6.04 Å². The minimum atomic E-state index is -0.653. The lowest BCUT2D eigenvalue weighted by molar-refractivity contribution is -0.117. The van der Waals surface area contributed by atoms with Crippen LogP contribution in [-0.2, 0) is 4.79 Å². The summed E-state index contributed by atoms with van der Waals surface area (Å²) in [6, 6.07) is 6.70. The zero-order valence-electron chi connectivity index (χ0n) is 10.8. The second-order valence-electron chi connectivity index (χ2n) is 4.78. The van der Waals surface area contributed by atoms with Crippen LogP contribution < -0.4 is 10.6 Å². The van der Waals surface area contributed by atoms with Crippen molar-refractivity contribution < 1.29 is 14.0 Å². The number of likely N-dealkylation sites (N-methyl/N-ethyl adjacent to an activating group) is 1. The molecule has 0 saturated heterocycles. The van der Waals surface area contributed by atoms with Gasteiger partial charge in [-0.3, -0.25) is 9.59 Å². The number of anilines is 1. The van der Waals surface area contributed by atoms with Crippen molar-refractivity contribution in [2.75, 3.05) is 12.4 Å². The summed E-state index contributed by atoms with van der Waals surface area (Å²) in [5.74, 6) is -1.89. The molecule has 102 valence electrons. The van der Waals surface area contributed by atoms with Gasteiger partial charge in [-0.2, -0.15) is 0 Å². The standard InChI is InChI=1S/C15H13FN2O2/c1-17-15(20)9-7-13-10(6-11(9)16)14(19)8-4-2-3-5-12(8)18-13/h2-7,10,13,18H,1H3,(H,17,20). The van der Waals surface area contributed by atoms with Crippen LogP contribution in [0.15, 0.2) is 47.8 Å². The number of carbonyl (C=O) groups is 2. The molecule has 2 unspecified atom stereocenters. The highest BCUT2D eigenvalue weighted by Crippen LogP contribution is 2.34. The minimum Gasteiger partial charge on any atom is -0.377 e. The van der Waals surface area contributed by atoms with Crippen molar-refractivity contribution in [1.82, 2.24) is 5.32 Å². The summed E-state index contributed by atoms with van der Waals surface area (Å²) in [5, 5.41) is 5.56. The van der Waals surface area contributed by atoms with E-state index < -0.39 is 23.7 Å². The Labute approximate surface area is 115 Å². The van der Waals surface area contributed by atoms with Crippen LogP contribution in [-0.4, -0.2) is 24.8 Å². The number of fused-ring (bicyclic) bond motifs is 2. The van der Waals surface area contributed by atoms with Gasteiger partial charge < -0.3 is 10.6 Å². The first-order valence-corrected chi connectivity index (χ1v) is 6.33. The van der Waals surface area contributed by atoms with Gasteiger partial charge in [0.1, 0.15) is 5.83 Å². The smallest absolute Gasteiger partial charge is 0.253 e. The van der Waals surface area contributed by atoms with E-state index in [-0.39, 0.29) is 11.4 Å². The van der Waals surface area contributed by atoms with Crippen molar-refractivity contribution in [1.29, 1.82) is 0 Å². The Kier molecular flexibility index (Phi) is 2.89. The van der Waals surface area contributed by atoms with Gasteiger partial charge in [-0.15, -0.1) is 0 Å². The van der Waals surface area contributed by atoms with Gasteiger partial charge in [0.15, 0.2) is 5.78 Å². The Balaban J connectivity index is 2.03. The molecule has 20 heavy (non-hydrogen) atoms. The third-order valence-electron chi connectivity index (χ3n) is 3.61. The molecule has 0 bridgehead atoms. The number of hydrogen-bond donors (Lipinski definition) is 2. The first kappa shape index (κ1) is 12.6. The maximum Gasteiger partial charge on any atom is 0.253 e. The van der Waals surface area contributed by atoms with Crippen LogP contribution in [0.2, 0.25) is 0 Å². The topological polar surface area (TPSA) is 58.2 Å². The van der Waals surface area contributed by atoms with Crippen LogP contribution in [0.4, 0.5) is 10.1 Å². The van der Waals surface area contributed by atoms with Gasteiger partial charge in [-0.25, -0.2) is 4.39 Å². The van der Waals surface area contributed by atoms with Crippen LogP contribution in [0.5, 0.6) is 0 Å². The quantitative estimate of drug-likeness (QED) is 0.820. The SMILES string of the molecule is CNC(=O)C1=CC2Nc3ccccc3C(=O)C2C=C1F. The van der Waals surface area contributed by atoms with Crippen LogP contribution in [0.1, 0.15) is 10.4 Å². The van der Waals surface area contributed by atoms with Crippen molar-refractivity contribution in [3.05, 3.63) is 53.4 Å². The summed E-state index contributed by atoms with van der Waals surface area (Å²) in [6.45, 7) is 0. The number of para-hydroxylation sites is 1. The normalized spacial score (nSPS) is 23.8. The first-order chi connectivity index (χ1) is 9.61. The number of rotatable bonds is 1. The van der Waals surface area contributed by atoms with E-state index in [1.807, 2.05) is 6.07 Å². The van der Waals surface area contributed by atoms with Crippen LogP contribution >= 0.6 is 0 Å². The highest BCUT2D eigenvalue weighted by atomic mass is 19.1. The highest BCUT2D eigenvalue weighted by Gasteiger charge is 2.37. The number of carbonyl (C=O) groups excluding carboxylic acids is 2. The van der Waals surface area contributed by atoms with E-state index in [2.05, 4.69) is 10.6 Å². The second-order valence-corrected chi connectivity index (χ2v) is 4.78. The molecule has 5 heteroatoms. The number of amides is 1. The van der Waals surface area contributed by atoms with Gasteiger partial charge in [0.25, 0.3) is 5.91 Å². The molecule has 2 N–H and O–H groups in total. The molecule has 0 saturated carbocycles. The summed E-state index contributed by atoms with van der Waals surface area (Å²) >= 11 is 0. The fourth-order valence-electron chi connectivity index (χ4n) is 2.59. The zero-order valence-corrected chi connectivity index (χ0v) is 10.8. The summed E-state index contributed by atoms with van der Waals surface area (Å²) in [7, 11) is 1.44. The predicted molar refractivity (Wildman–Crippen MR) is 73.0 cm³/mol. The van der Waals surface area contributed by atoms with E-state index in [0.29, 0.717) is 11.3 Å². The summed E-state index contributed by atoms with van der Waals surface area (Å²) in [5.41, 5.74) is 1.23. The molecular formula is C15H13FN2O2. The Bertz CT molecular complexity index is 664. The lowest BCUT2D eigenvalue weighted by Crippen LogP contribution is -2.40. The minimum absolute atomic E-state index is 0.0339. The van der Waals surface area contributed by atoms with Crippen molar-refractivity contribution >= 4 is 17.4 Å². The molecule has 1 aromatic rings. The number of halogens is 1. The Hall–Kier alpha value is -2.43. The lowest BCUT2D eigenvalue weighted by Gasteiger charge is -2.32. The third-order valence-corrected chi connectivity index (χ3v) is 3.61. The fourth-order valence-corrected chi connectivity index (χ4v) is 2.59. The molecule has 1 amide bonds. The van der Waals surface area contributed by atoms with Crippen LogP contribution in [0.3, 0.4) is 0 Å². The highest BCUT2D eigenvalue weighted by molar-refractivity contribution is 6.07. The van der Waals surface area contributed by atoms with Crippen molar-refractivity contribution in [2.24, 2.45) is 5.92 Å². The van der Waals surface area contributed by atoms with Crippen molar-refractivity contribution in [3.63, 3.8) is 0 Å². The van der Waals surface area contributed by atoms with E-state index in [9.17, 15) is 14.0 Å². The number of Topliss-reactive ketones (excluding diaryl/α,β-unsaturated/α-hetero) is 1. The first-order valence-electron chi connectivity index (χ1n) is 6.33. The van der Waals surface area contributed by atoms with Gasteiger partial charge in [-0.1, -0.05) is 12.1 Å². The molecule has 1 heterocycles. The molecule has 2 aliphatic rings. The number of benzene rings is 1. The zero-order chi connectivity index (χ0) is 14.3. The van der Waals surface area contributed by atoms with Crippen LogP contribution in [0.25, 0.3) is 0 Å². The summed E-state index contributed by atoms with van der Waals surface area (Å²) in [6.07, 6.45) is 2.70. The monoisotopic (exact) mass is 272 g/mol. The van der Waals surface area contributed by atoms with E-state index in [4.69, 9.17) is 0 Å². The van der Waals surface area contributed by atoms with Gasteiger partial charge in [0, 0.05) is 18.3 Å². The molecule has 1 aliphatic heterocycles. The van der Waals surface area contributed by atoms with E-state index in [1.165, 1.54) is 19.2 Å². The number of ketones is 1. The fraction of sp³-hybridized carbons (Fsp3) is 0.200. The molecule has 3 rings (SSSR count). The summed E-state index contributed by atoms with van der Waals surface area (Å²) in [4.78, 5) is 24.0. The average molecular weight is 272 g/mol. The Morgan fingerprint density at radius 1 is 1.30 bits per heavy atom. The Morgan fingerprint density at radius 3 is 2.80 bits per heavy atom. The van der Waals surface area contributed by atoms with E-state index in [1.54, 1.807) is 18.2 Å². The Morgan fingerprint density at radius 2 is 2.05 bits per heavy atom. The molecule has 0 aromatic heterocycles. The number of nitrogens with one attached hydrogen (secondary N) is 2. The van der Waals surface area contributed by atoms with E-state index in [0.717, 1.165) is 0 Å². The van der Waals surface area contributed by atoms with Gasteiger partial charge >= 0.3 is 0 Å². The number of hydrogen-bond acceptors (Lipinski definition) is 3. The van der Waals surface area contributed by atoms with Crippen LogP contribution in [0, 0.1) is 5.92 Å². The average Bonchev–Trinajstić information content (AvgIpc) is 2.47. The largest absolute Gasteiger partial charge is 0.377 e. The maximum atomic E-state index is 14.0. The molecule has 0 radical (unpaired) electrons. The molecule has 0 fully saturated rings. The second kappa shape index (κ2) is 4.59. The molecule has 4 nitrogen and oxygen atoms in total. The van der Waals surface area contributed by atoms with Gasteiger partial charge in [0.2, 0.25) is 0 Å². The third kappa shape index (κ3) is 1.82. The molecule has 1 aliphatic carbocycles. The molecule has 2 atom stereocenters. The molecular weight excluding hydrogens is 259 g/mol. The van der Waals surface area contributed by atoms with E-state index >= 15 is 0 Å². The summed E-state index contributed by atoms with van der Waals surface area (Å²) < 4.78 is 14.0. The lowest BCUT2D eigenvalue weighted by atomic mass is 9.81. The molecule has 0 spiro atoms. The van der Waals surface area contributed by atoms with Crippen molar-refractivity contribution in [3.8, 4) is 0 Å². The van der Waals surface area contributed by atoms with Gasteiger partial charge in [-0.05, 0) is 24.3 Å². The molecule has 1 aromatic carbocycles.